The Hall–Kier alpha value is -4.14. The minimum absolute atomic E-state index is 0.140. The Morgan fingerprint density at radius 2 is 2.00 bits per heavy atom. The summed E-state index contributed by atoms with van der Waals surface area (Å²) in [4.78, 5) is 31.4. The van der Waals surface area contributed by atoms with Gasteiger partial charge in [0.2, 0.25) is 5.95 Å². The molecule has 9 nitrogen and oxygen atoms in total. The third-order valence-electron chi connectivity index (χ3n) is 3.99. The van der Waals surface area contributed by atoms with Crippen LogP contribution < -0.4 is 10.9 Å². The Bertz CT molecular complexity index is 1180. The molecule has 2 N–H and O–H groups in total. The maximum absolute atomic E-state index is 12.3. The van der Waals surface area contributed by atoms with Crippen molar-refractivity contribution < 1.29 is 13.9 Å². The van der Waals surface area contributed by atoms with E-state index in [9.17, 15) is 9.59 Å². The van der Waals surface area contributed by atoms with E-state index in [0.29, 0.717) is 17.1 Å². The van der Waals surface area contributed by atoms with Crippen LogP contribution in [-0.4, -0.2) is 32.4 Å². The van der Waals surface area contributed by atoms with Crippen LogP contribution in [0.5, 0.6) is 0 Å². The molecule has 1 aromatic carbocycles. The Labute approximate surface area is 165 Å². The molecule has 146 valence electrons. The topological polar surface area (TPSA) is 115 Å². The van der Waals surface area contributed by atoms with Gasteiger partial charge in [0.05, 0.1) is 18.6 Å². The first-order valence-electron chi connectivity index (χ1n) is 8.89. The van der Waals surface area contributed by atoms with Crippen LogP contribution in [0.15, 0.2) is 70.1 Å². The van der Waals surface area contributed by atoms with Gasteiger partial charge in [-0.1, -0.05) is 30.3 Å². The number of hydrogen-bond donors (Lipinski definition) is 2. The minimum Gasteiger partial charge on any atom is -0.463 e. The van der Waals surface area contributed by atoms with Gasteiger partial charge in [-0.3, -0.25) is 15.1 Å². The maximum Gasteiger partial charge on any atom is 0.412 e. The van der Waals surface area contributed by atoms with Crippen LogP contribution in [-0.2, 0) is 4.74 Å². The highest BCUT2D eigenvalue weighted by Crippen LogP contribution is 2.25. The fourth-order valence-electron chi connectivity index (χ4n) is 2.75. The molecule has 3 aromatic heterocycles. The van der Waals surface area contributed by atoms with Gasteiger partial charge in [0.15, 0.2) is 5.76 Å². The van der Waals surface area contributed by atoms with Crippen LogP contribution in [0.25, 0.3) is 28.7 Å². The summed E-state index contributed by atoms with van der Waals surface area (Å²) in [5.74, 6) is 0.904. The Balaban J connectivity index is 1.82. The molecule has 0 aliphatic heterocycles. The Kier molecular flexibility index (Phi) is 4.93. The van der Waals surface area contributed by atoms with E-state index in [1.165, 1.54) is 17.0 Å². The fourth-order valence-corrected chi connectivity index (χ4v) is 2.75. The van der Waals surface area contributed by atoms with Crippen molar-refractivity contribution in [2.45, 2.75) is 6.92 Å². The quantitative estimate of drug-likeness (QED) is 0.538. The summed E-state index contributed by atoms with van der Waals surface area (Å²) in [7, 11) is 0. The largest absolute Gasteiger partial charge is 0.463 e. The number of furan rings is 1. The first kappa shape index (κ1) is 18.2. The van der Waals surface area contributed by atoms with Gasteiger partial charge >= 0.3 is 6.09 Å². The second kappa shape index (κ2) is 7.85. The van der Waals surface area contributed by atoms with Crippen molar-refractivity contribution in [3.8, 4) is 28.7 Å². The molecular weight excluding hydrogens is 374 g/mol. The van der Waals surface area contributed by atoms with Crippen molar-refractivity contribution in [2.75, 3.05) is 11.9 Å². The van der Waals surface area contributed by atoms with Crippen LogP contribution in [0.2, 0.25) is 0 Å². The van der Waals surface area contributed by atoms with Crippen molar-refractivity contribution in [2.24, 2.45) is 0 Å². The minimum atomic E-state index is -0.652. The number of H-pyrrole nitrogens is 1. The van der Waals surface area contributed by atoms with Crippen LogP contribution in [0, 0.1) is 0 Å². The number of amides is 1. The molecule has 0 unspecified atom stereocenters. The Morgan fingerprint density at radius 3 is 2.72 bits per heavy atom. The number of rotatable bonds is 5. The average molecular weight is 391 g/mol. The molecule has 0 atom stereocenters. The molecule has 0 radical (unpaired) electrons. The number of hydrogen-bond acceptors (Lipinski definition) is 6. The molecular formula is C20H17N5O4. The highest BCUT2D eigenvalue weighted by molar-refractivity contribution is 5.84. The van der Waals surface area contributed by atoms with Gasteiger partial charge in [0, 0.05) is 17.7 Å². The van der Waals surface area contributed by atoms with Crippen molar-refractivity contribution in [3.63, 3.8) is 0 Å². The molecule has 0 fully saturated rings. The molecule has 9 heteroatoms. The Morgan fingerprint density at radius 1 is 1.17 bits per heavy atom. The summed E-state index contributed by atoms with van der Waals surface area (Å²) < 4.78 is 11.6. The van der Waals surface area contributed by atoms with Gasteiger partial charge in [-0.15, -0.1) is 0 Å². The van der Waals surface area contributed by atoms with E-state index in [1.807, 2.05) is 30.3 Å². The van der Waals surface area contributed by atoms with Crippen molar-refractivity contribution >= 4 is 11.9 Å². The zero-order chi connectivity index (χ0) is 20.2. The average Bonchev–Trinajstić information content (AvgIpc) is 3.38. The summed E-state index contributed by atoms with van der Waals surface area (Å²) in [6.07, 6.45) is 0.865. The number of aromatic amines is 1. The van der Waals surface area contributed by atoms with E-state index >= 15 is 0 Å². The lowest BCUT2D eigenvalue weighted by atomic mass is 10.1. The molecule has 1 amide bonds. The van der Waals surface area contributed by atoms with E-state index in [-0.39, 0.29) is 23.9 Å². The lowest BCUT2D eigenvalue weighted by molar-refractivity contribution is 0.167. The standard InChI is InChI=1S/C20H17N5O4/c1-2-28-20(27)22-17-11-15(16-9-6-10-29-16)24-25(17)19-21-14(12-18(26)23-19)13-7-4-3-5-8-13/h3-12H,2H2,1H3,(H,22,27)(H,21,23,26). The number of nitrogens with zero attached hydrogens (tertiary/aromatic N) is 3. The summed E-state index contributed by atoms with van der Waals surface area (Å²) >= 11 is 0. The fraction of sp³-hybridized carbons (Fsp3) is 0.100. The summed E-state index contributed by atoms with van der Waals surface area (Å²) in [5, 5.41) is 7.04. The zero-order valence-corrected chi connectivity index (χ0v) is 15.5. The van der Waals surface area contributed by atoms with Gasteiger partial charge in [0.1, 0.15) is 11.5 Å². The molecule has 29 heavy (non-hydrogen) atoms. The van der Waals surface area contributed by atoms with E-state index in [2.05, 4.69) is 20.4 Å². The smallest absolute Gasteiger partial charge is 0.412 e. The van der Waals surface area contributed by atoms with Gasteiger partial charge in [-0.05, 0) is 19.1 Å². The van der Waals surface area contributed by atoms with Gasteiger partial charge in [-0.25, -0.2) is 9.78 Å². The van der Waals surface area contributed by atoms with Gasteiger partial charge in [-0.2, -0.15) is 9.78 Å². The molecule has 0 bridgehead atoms. The normalized spacial score (nSPS) is 10.7. The molecule has 0 aliphatic rings. The van der Waals surface area contributed by atoms with E-state index < -0.39 is 6.09 Å². The van der Waals surface area contributed by atoms with E-state index in [0.717, 1.165) is 5.56 Å². The first-order chi connectivity index (χ1) is 14.1. The highest BCUT2D eigenvalue weighted by Gasteiger charge is 2.17. The van der Waals surface area contributed by atoms with Crippen LogP contribution >= 0.6 is 0 Å². The maximum atomic E-state index is 12.3. The van der Waals surface area contributed by atoms with Crippen molar-refractivity contribution in [1.29, 1.82) is 0 Å². The first-order valence-corrected chi connectivity index (χ1v) is 8.89. The number of nitrogens with one attached hydrogen (secondary N) is 2. The van der Waals surface area contributed by atoms with Crippen LogP contribution in [0.1, 0.15) is 6.92 Å². The summed E-state index contributed by atoms with van der Waals surface area (Å²) in [6, 6.07) is 15.7. The van der Waals surface area contributed by atoms with E-state index in [1.54, 1.807) is 25.1 Å². The summed E-state index contributed by atoms with van der Waals surface area (Å²) in [6.45, 7) is 1.91. The number of aromatic nitrogens is 4. The second-order valence-electron chi connectivity index (χ2n) is 5.97. The number of carbonyl (C=O) groups excluding carboxylic acids is 1. The zero-order valence-electron chi connectivity index (χ0n) is 15.5. The second-order valence-corrected chi connectivity index (χ2v) is 5.97. The molecule has 0 saturated carbocycles. The predicted octanol–water partition coefficient (Wildman–Crippen LogP) is 3.45. The molecule has 0 aliphatic carbocycles. The predicted molar refractivity (Wildman–Crippen MR) is 106 cm³/mol. The third-order valence-corrected chi connectivity index (χ3v) is 3.99. The van der Waals surface area contributed by atoms with Crippen molar-refractivity contribution in [1.82, 2.24) is 19.7 Å². The lowest BCUT2D eigenvalue weighted by Gasteiger charge is -2.09. The third kappa shape index (κ3) is 3.93. The van der Waals surface area contributed by atoms with E-state index in [4.69, 9.17) is 9.15 Å². The number of carbonyl (C=O) groups is 1. The molecule has 3 heterocycles. The monoisotopic (exact) mass is 391 g/mol. The van der Waals surface area contributed by atoms with Gasteiger partial charge < -0.3 is 9.15 Å². The SMILES string of the molecule is CCOC(=O)Nc1cc(-c2ccco2)nn1-c1nc(-c2ccccc2)cc(=O)[nH]1. The summed E-state index contributed by atoms with van der Waals surface area (Å²) in [5.41, 5.74) is 1.35. The van der Waals surface area contributed by atoms with Crippen molar-refractivity contribution in [3.05, 3.63) is 71.2 Å². The molecule has 0 saturated heterocycles. The molecule has 0 spiro atoms. The number of ether oxygens (including phenoxy) is 1. The number of anilines is 1. The van der Waals surface area contributed by atoms with Crippen LogP contribution in [0.3, 0.4) is 0 Å². The number of benzene rings is 1. The molecule has 4 rings (SSSR count). The highest BCUT2D eigenvalue weighted by atomic mass is 16.5. The van der Waals surface area contributed by atoms with Gasteiger partial charge in [0.25, 0.3) is 5.56 Å². The van der Waals surface area contributed by atoms with Crippen LogP contribution in [0.4, 0.5) is 10.6 Å². The molecule has 4 aromatic rings. The lowest BCUT2D eigenvalue weighted by Crippen LogP contribution is -2.19.